The molecule has 0 aliphatic carbocycles. The normalized spacial score (nSPS) is 10.8. The maximum atomic E-state index is 10.8. The summed E-state index contributed by atoms with van der Waals surface area (Å²) in [4.78, 5) is 15.2. The Morgan fingerprint density at radius 3 is 2.93 bits per heavy atom. The maximum absolute atomic E-state index is 10.8. The molecule has 2 rings (SSSR count). The van der Waals surface area contributed by atoms with Crippen LogP contribution < -0.4 is 0 Å². The van der Waals surface area contributed by atoms with Crippen molar-refractivity contribution in [3.63, 3.8) is 0 Å². The minimum absolute atomic E-state index is 0.299. The SMILES string of the molecule is CCc1nc(C)c2cc(C(=O)O)ccn12. The van der Waals surface area contributed by atoms with E-state index in [9.17, 15) is 4.79 Å². The van der Waals surface area contributed by atoms with Crippen LogP contribution in [-0.4, -0.2) is 20.5 Å². The number of pyridine rings is 1. The van der Waals surface area contributed by atoms with Gasteiger partial charge in [0.05, 0.1) is 16.8 Å². The molecule has 0 bridgehead atoms. The highest BCUT2D eigenvalue weighted by atomic mass is 16.4. The quantitative estimate of drug-likeness (QED) is 0.812. The topological polar surface area (TPSA) is 54.6 Å². The minimum Gasteiger partial charge on any atom is -0.478 e. The van der Waals surface area contributed by atoms with Crippen LogP contribution >= 0.6 is 0 Å². The molecule has 0 aliphatic heterocycles. The van der Waals surface area contributed by atoms with Gasteiger partial charge in [-0.2, -0.15) is 0 Å². The van der Waals surface area contributed by atoms with Gasteiger partial charge in [-0.1, -0.05) is 6.92 Å². The van der Waals surface area contributed by atoms with Crippen LogP contribution in [0.1, 0.15) is 28.8 Å². The number of nitrogens with zero attached hydrogens (tertiary/aromatic N) is 2. The van der Waals surface area contributed by atoms with Gasteiger partial charge in [0, 0.05) is 12.6 Å². The predicted molar refractivity (Wildman–Crippen MR) is 56.3 cm³/mol. The molecule has 15 heavy (non-hydrogen) atoms. The fraction of sp³-hybridized carbons (Fsp3) is 0.273. The molecule has 0 radical (unpaired) electrons. The number of aromatic carboxylic acids is 1. The van der Waals surface area contributed by atoms with Crippen molar-refractivity contribution in [1.29, 1.82) is 0 Å². The first kappa shape index (κ1) is 9.71. The number of hydrogen-bond donors (Lipinski definition) is 1. The molecular weight excluding hydrogens is 192 g/mol. The number of aromatic nitrogens is 2. The van der Waals surface area contributed by atoms with Gasteiger partial charge in [-0.15, -0.1) is 0 Å². The molecule has 0 saturated heterocycles. The highest BCUT2D eigenvalue weighted by Gasteiger charge is 2.09. The van der Waals surface area contributed by atoms with Gasteiger partial charge >= 0.3 is 5.97 Å². The number of carboxylic acid groups (broad SMARTS) is 1. The lowest BCUT2D eigenvalue weighted by Crippen LogP contribution is -1.98. The highest BCUT2D eigenvalue weighted by Crippen LogP contribution is 2.14. The van der Waals surface area contributed by atoms with E-state index in [0.29, 0.717) is 5.56 Å². The second kappa shape index (κ2) is 3.38. The predicted octanol–water partition coefficient (Wildman–Crippen LogP) is 1.90. The van der Waals surface area contributed by atoms with Crippen LogP contribution in [-0.2, 0) is 6.42 Å². The summed E-state index contributed by atoms with van der Waals surface area (Å²) in [6.07, 6.45) is 2.60. The van der Waals surface area contributed by atoms with E-state index in [1.54, 1.807) is 18.3 Å². The Hall–Kier alpha value is -1.84. The Morgan fingerprint density at radius 1 is 1.60 bits per heavy atom. The molecule has 2 aromatic rings. The van der Waals surface area contributed by atoms with Crippen molar-refractivity contribution in [2.24, 2.45) is 0 Å². The lowest BCUT2D eigenvalue weighted by atomic mass is 10.2. The van der Waals surface area contributed by atoms with Crippen molar-refractivity contribution in [2.45, 2.75) is 20.3 Å². The van der Waals surface area contributed by atoms with Gasteiger partial charge in [-0.3, -0.25) is 0 Å². The average molecular weight is 204 g/mol. The van der Waals surface area contributed by atoms with Crippen molar-refractivity contribution in [3.8, 4) is 0 Å². The summed E-state index contributed by atoms with van der Waals surface area (Å²) in [6, 6.07) is 3.25. The van der Waals surface area contributed by atoms with Gasteiger partial charge in [0.15, 0.2) is 0 Å². The Kier molecular flexibility index (Phi) is 2.19. The van der Waals surface area contributed by atoms with Gasteiger partial charge in [-0.05, 0) is 19.1 Å². The van der Waals surface area contributed by atoms with E-state index in [-0.39, 0.29) is 0 Å². The minimum atomic E-state index is -0.906. The molecule has 1 N–H and O–H groups in total. The largest absolute Gasteiger partial charge is 0.478 e. The molecule has 0 aliphatic rings. The monoisotopic (exact) mass is 204 g/mol. The molecule has 0 unspecified atom stereocenters. The van der Waals surface area contributed by atoms with Crippen molar-refractivity contribution in [2.75, 3.05) is 0 Å². The van der Waals surface area contributed by atoms with E-state index in [1.807, 2.05) is 18.2 Å². The van der Waals surface area contributed by atoms with E-state index in [4.69, 9.17) is 5.11 Å². The Bertz CT molecular complexity index is 529. The van der Waals surface area contributed by atoms with Gasteiger partial charge in [-0.25, -0.2) is 9.78 Å². The number of carbonyl (C=O) groups is 1. The Balaban J connectivity index is 2.72. The molecule has 78 valence electrons. The van der Waals surface area contributed by atoms with Crippen molar-refractivity contribution < 1.29 is 9.90 Å². The zero-order valence-corrected chi connectivity index (χ0v) is 8.69. The van der Waals surface area contributed by atoms with Crippen LogP contribution in [0.4, 0.5) is 0 Å². The summed E-state index contributed by atoms with van der Waals surface area (Å²) in [5, 5.41) is 8.87. The molecule has 4 nitrogen and oxygen atoms in total. The summed E-state index contributed by atoms with van der Waals surface area (Å²) in [6.45, 7) is 3.92. The number of rotatable bonds is 2. The third-order valence-corrected chi connectivity index (χ3v) is 2.46. The first-order valence-corrected chi connectivity index (χ1v) is 4.84. The number of carboxylic acids is 1. The van der Waals surface area contributed by atoms with Crippen molar-refractivity contribution >= 4 is 11.5 Å². The number of hydrogen-bond acceptors (Lipinski definition) is 2. The first-order valence-electron chi connectivity index (χ1n) is 4.84. The first-order chi connectivity index (χ1) is 7.13. The van der Waals surface area contributed by atoms with E-state index in [0.717, 1.165) is 23.5 Å². The second-order valence-electron chi connectivity index (χ2n) is 3.44. The van der Waals surface area contributed by atoms with E-state index in [2.05, 4.69) is 4.98 Å². The van der Waals surface area contributed by atoms with Crippen LogP contribution in [0.15, 0.2) is 18.3 Å². The highest BCUT2D eigenvalue weighted by molar-refractivity contribution is 5.89. The lowest BCUT2D eigenvalue weighted by Gasteiger charge is -1.99. The Labute approximate surface area is 87.2 Å². The van der Waals surface area contributed by atoms with Crippen LogP contribution in [0.3, 0.4) is 0 Å². The van der Waals surface area contributed by atoms with Gasteiger partial charge < -0.3 is 9.51 Å². The number of imidazole rings is 1. The zero-order chi connectivity index (χ0) is 11.0. The van der Waals surface area contributed by atoms with E-state index in [1.165, 1.54) is 0 Å². The molecule has 2 aromatic heterocycles. The summed E-state index contributed by atoms with van der Waals surface area (Å²) in [7, 11) is 0. The fourth-order valence-electron chi connectivity index (χ4n) is 1.69. The average Bonchev–Trinajstić information content (AvgIpc) is 2.55. The zero-order valence-electron chi connectivity index (χ0n) is 8.69. The molecular formula is C11H12N2O2. The molecule has 0 aromatic carbocycles. The molecule has 0 saturated carbocycles. The third-order valence-electron chi connectivity index (χ3n) is 2.46. The second-order valence-corrected chi connectivity index (χ2v) is 3.44. The smallest absolute Gasteiger partial charge is 0.335 e. The summed E-state index contributed by atoms with van der Waals surface area (Å²) in [5.74, 6) is 0.0515. The van der Waals surface area contributed by atoms with Gasteiger partial charge in [0.1, 0.15) is 5.82 Å². The molecule has 4 heteroatoms. The molecule has 0 amide bonds. The van der Waals surface area contributed by atoms with Gasteiger partial charge in [0.25, 0.3) is 0 Å². The van der Waals surface area contributed by atoms with Crippen molar-refractivity contribution in [3.05, 3.63) is 35.4 Å². The third kappa shape index (κ3) is 1.48. The lowest BCUT2D eigenvalue weighted by molar-refractivity contribution is 0.0697. The van der Waals surface area contributed by atoms with E-state index < -0.39 is 5.97 Å². The van der Waals surface area contributed by atoms with Gasteiger partial charge in [0.2, 0.25) is 0 Å². The number of fused-ring (bicyclic) bond motifs is 1. The molecule has 2 heterocycles. The molecule has 0 atom stereocenters. The summed E-state index contributed by atoms with van der Waals surface area (Å²) in [5.41, 5.74) is 2.04. The van der Waals surface area contributed by atoms with Crippen LogP contribution in [0.2, 0.25) is 0 Å². The van der Waals surface area contributed by atoms with Crippen LogP contribution in [0.5, 0.6) is 0 Å². The maximum Gasteiger partial charge on any atom is 0.335 e. The summed E-state index contributed by atoms with van der Waals surface area (Å²) < 4.78 is 1.93. The molecule has 0 spiro atoms. The number of aryl methyl sites for hydroxylation is 2. The van der Waals surface area contributed by atoms with E-state index >= 15 is 0 Å². The Morgan fingerprint density at radius 2 is 2.33 bits per heavy atom. The standard InChI is InChI=1S/C11H12N2O2/c1-3-10-12-7(2)9-6-8(11(14)15)4-5-13(9)10/h4-6H,3H2,1-2H3,(H,14,15). The molecule has 0 fully saturated rings. The summed E-state index contributed by atoms with van der Waals surface area (Å²) >= 11 is 0. The van der Waals surface area contributed by atoms with Crippen molar-refractivity contribution in [1.82, 2.24) is 9.38 Å². The van der Waals surface area contributed by atoms with Crippen LogP contribution in [0, 0.1) is 6.92 Å². The fourth-order valence-corrected chi connectivity index (χ4v) is 1.69. The van der Waals surface area contributed by atoms with Crippen LogP contribution in [0.25, 0.3) is 5.52 Å².